The van der Waals surface area contributed by atoms with Crippen LogP contribution in [0.15, 0.2) is 59.2 Å². The number of carbonyl (C=O) groups excluding carboxylic acids is 2. The number of rotatable bonds is 4. The molecule has 2 aromatic rings. The zero-order valence-electron chi connectivity index (χ0n) is 17.0. The molecule has 0 atom stereocenters. The predicted octanol–water partition coefficient (Wildman–Crippen LogP) is 4.36. The Morgan fingerprint density at radius 1 is 1.00 bits per heavy atom. The van der Waals surface area contributed by atoms with Crippen molar-refractivity contribution in [1.29, 1.82) is 0 Å². The summed E-state index contributed by atoms with van der Waals surface area (Å²) in [6.07, 6.45) is 1.94. The van der Waals surface area contributed by atoms with Crippen molar-refractivity contribution < 1.29 is 22.7 Å². The van der Waals surface area contributed by atoms with Crippen molar-refractivity contribution in [2.75, 3.05) is 6.26 Å². The quantitative estimate of drug-likeness (QED) is 0.698. The van der Waals surface area contributed by atoms with Crippen molar-refractivity contribution in [2.24, 2.45) is 5.41 Å². The van der Waals surface area contributed by atoms with Crippen molar-refractivity contribution in [3.8, 4) is 0 Å². The van der Waals surface area contributed by atoms with E-state index in [1.54, 1.807) is 0 Å². The highest BCUT2D eigenvalue weighted by Gasteiger charge is 2.36. The molecule has 2 aromatic carbocycles. The highest BCUT2D eigenvalue weighted by molar-refractivity contribution is 7.90. The highest BCUT2D eigenvalue weighted by atomic mass is 32.2. The molecule has 5 nitrogen and oxygen atoms in total. The number of hydrogen-bond acceptors (Lipinski definition) is 5. The summed E-state index contributed by atoms with van der Waals surface area (Å²) in [6, 6.07) is 13.1. The third kappa shape index (κ3) is 4.65. The van der Waals surface area contributed by atoms with Crippen LogP contribution in [0.2, 0.25) is 0 Å². The standard InChI is InChI=1S/C23H24O5S/c1-15-7-5-6-8-18(15)21-19(24)13-23(2,3)14-20(21)28-22(25)16-9-11-17(12-10-16)29(4,26)27/h5-12H,13-14H2,1-4H3. The van der Waals surface area contributed by atoms with Gasteiger partial charge in [-0.05, 0) is 47.7 Å². The number of ketones is 1. The summed E-state index contributed by atoms with van der Waals surface area (Å²) in [6.45, 7) is 5.85. The molecule has 0 aliphatic heterocycles. The van der Waals surface area contributed by atoms with Crippen LogP contribution in [0.5, 0.6) is 0 Å². The Kier molecular flexibility index (Phi) is 5.50. The molecule has 29 heavy (non-hydrogen) atoms. The zero-order chi connectivity index (χ0) is 21.4. The number of benzene rings is 2. The molecule has 0 radical (unpaired) electrons. The maximum atomic E-state index is 12.9. The number of esters is 1. The molecule has 0 bridgehead atoms. The largest absolute Gasteiger partial charge is 0.427 e. The van der Waals surface area contributed by atoms with Crippen LogP contribution < -0.4 is 0 Å². The average Bonchev–Trinajstić information content (AvgIpc) is 2.61. The molecule has 0 unspecified atom stereocenters. The minimum Gasteiger partial charge on any atom is -0.427 e. The minimum atomic E-state index is -3.35. The van der Waals surface area contributed by atoms with Crippen molar-refractivity contribution in [2.45, 2.75) is 38.5 Å². The van der Waals surface area contributed by atoms with Gasteiger partial charge in [-0.2, -0.15) is 0 Å². The molecule has 0 saturated heterocycles. The maximum absolute atomic E-state index is 12.9. The Balaban J connectivity index is 2.00. The van der Waals surface area contributed by atoms with Gasteiger partial charge >= 0.3 is 5.97 Å². The maximum Gasteiger partial charge on any atom is 0.343 e. The van der Waals surface area contributed by atoms with Gasteiger partial charge in [-0.25, -0.2) is 13.2 Å². The number of carbonyl (C=O) groups is 2. The van der Waals surface area contributed by atoms with Crippen LogP contribution in [0.1, 0.15) is 48.2 Å². The van der Waals surface area contributed by atoms with E-state index in [1.165, 1.54) is 24.3 Å². The van der Waals surface area contributed by atoms with E-state index >= 15 is 0 Å². The monoisotopic (exact) mass is 412 g/mol. The summed E-state index contributed by atoms with van der Waals surface area (Å²) in [5.74, 6) is -0.305. The van der Waals surface area contributed by atoms with E-state index in [-0.39, 0.29) is 21.7 Å². The van der Waals surface area contributed by atoms with E-state index in [1.807, 2.05) is 45.0 Å². The van der Waals surface area contributed by atoms with Gasteiger partial charge in [0.05, 0.1) is 16.0 Å². The Morgan fingerprint density at radius 3 is 2.21 bits per heavy atom. The lowest BCUT2D eigenvalue weighted by atomic mass is 9.74. The number of ether oxygens (including phenoxy) is 1. The topological polar surface area (TPSA) is 77.5 Å². The fourth-order valence-electron chi connectivity index (χ4n) is 3.51. The molecule has 0 spiro atoms. The summed E-state index contributed by atoms with van der Waals surface area (Å²) >= 11 is 0. The lowest BCUT2D eigenvalue weighted by Crippen LogP contribution is -2.27. The Bertz CT molecular complexity index is 1110. The van der Waals surface area contributed by atoms with E-state index < -0.39 is 15.8 Å². The van der Waals surface area contributed by atoms with E-state index in [2.05, 4.69) is 0 Å². The van der Waals surface area contributed by atoms with Crippen LogP contribution in [-0.2, 0) is 19.4 Å². The predicted molar refractivity (Wildman–Crippen MR) is 111 cm³/mol. The SMILES string of the molecule is Cc1ccccc1C1=C(OC(=O)c2ccc(S(C)(=O)=O)cc2)CC(C)(C)CC1=O. The third-order valence-corrected chi connectivity index (χ3v) is 6.11. The molecule has 152 valence electrons. The second-order valence-corrected chi connectivity index (χ2v) is 10.3. The Morgan fingerprint density at radius 2 is 1.62 bits per heavy atom. The molecule has 0 amide bonds. The fraction of sp³-hybridized carbons (Fsp3) is 0.304. The van der Waals surface area contributed by atoms with Gasteiger partial charge < -0.3 is 4.74 Å². The summed E-state index contributed by atoms with van der Waals surface area (Å²) < 4.78 is 28.9. The third-order valence-electron chi connectivity index (χ3n) is 4.98. The van der Waals surface area contributed by atoms with E-state index in [4.69, 9.17) is 4.74 Å². The lowest BCUT2D eigenvalue weighted by Gasteiger charge is -2.31. The van der Waals surface area contributed by atoms with Gasteiger partial charge in [0.2, 0.25) is 0 Å². The molecule has 0 saturated carbocycles. The van der Waals surface area contributed by atoms with Gasteiger partial charge in [0.15, 0.2) is 15.6 Å². The molecule has 1 aliphatic carbocycles. The molecule has 0 heterocycles. The van der Waals surface area contributed by atoms with Gasteiger partial charge in [0.1, 0.15) is 5.76 Å². The zero-order valence-corrected chi connectivity index (χ0v) is 17.8. The van der Waals surface area contributed by atoms with E-state index in [0.717, 1.165) is 17.4 Å². The molecule has 0 aromatic heterocycles. The molecular formula is C23H24O5S. The van der Waals surface area contributed by atoms with Gasteiger partial charge in [-0.15, -0.1) is 0 Å². The van der Waals surface area contributed by atoms with E-state index in [9.17, 15) is 18.0 Å². The molecular weight excluding hydrogens is 388 g/mol. The first-order valence-corrected chi connectivity index (χ1v) is 11.2. The number of aryl methyl sites for hydroxylation is 1. The van der Waals surface area contributed by atoms with Crippen LogP contribution in [0.4, 0.5) is 0 Å². The van der Waals surface area contributed by atoms with Crippen molar-refractivity contribution >= 4 is 27.2 Å². The van der Waals surface area contributed by atoms with Gasteiger partial charge in [-0.3, -0.25) is 4.79 Å². The second-order valence-electron chi connectivity index (χ2n) is 8.24. The van der Waals surface area contributed by atoms with Crippen molar-refractivity contribution in [3.63, 3.8) is 0 Å². The van der Waals surface area contributed by atoms with E-state index in [0.29, 0.717) is 24.2 Å². The first-order valence-electron chi connectivity index (χ1n) is 9.33. The summed E-state index contributed by atoms with van der Waals surface area (Å²) in [5.41, 5.74) is 2.05. The van der Waals surface area contributed by atoms with Gasteiger partial charge in [-0.1, -0.05) is 38.1 Å². The van der Waals surface area contributed by atoms with Gasteiger partial charge in [0, 0.05) is 19.1 Å². The summed E-state index contributed by atoms with van der Waals surface area (Å²) in [4.78, 5) is 25.8. The van der Waals surface area contributed by atoms with Gasteiger partial charge in [0.25, 0.3) is 0 Å². The van der Waals surface area contributed by atoms with Crippen LogP contribution in [0.25, 0.3) is 5.57 Å². The van der Waals surface area contributed by atoms with Crippen molar-refractivity contribution in [1.82, 2.24) is 0 Å². The normalized spacial score (nSPS) is 16.6. The lowest BCUT2D eigenvalue weighted by molar-refractivity contribution is -0.116. The number of sulfone groups is 1. The van der Waals surface area contributed by atoms with Crippen LogP contribution >= 0.6 is 0 Å². The molecule has 0 fully saturated rings. The number of Topliss-reactive ketones (excluding diaryl/α,β-unsaturated/α-hetero) is 1. The molecule has 1 aliphatic rings. The summed E-state index contributed by atoms with van der Waals surface area (Å²) in [7, 11) is -3.35. The average molecular weight is 413 g/mol. The molecule has 0 N–H and O–H groups in total. The first kappa shape index (κ1) is 21.0. The Labute approximate surface area is 171 Å². The second kappa shape index (κ2) is 7.59. The number of allylic oxidation sites excluding steroid dienone is 2. The first-order chi connectivity index (χ1) is 13.5. The van der Waals surface area contributed by atoms with Crippen LogP contribution in [0, 0.1) is 12.3 Å². The van der Waals surface area contributed by atoms with Crippen LogP contribution in [-0.4, -0.2) is 26.4 Å². The summed E-state index contributed by atoms with van der Waals surface area (Å²) in [5, 5.41) is 0. The molecule has 3 rings (SSSR count). The van der Waals surface area contributed by atoms with Crippen molar-refractivity contribution in [3.05, 3.63) is 71.0 Å². The minimum absolute atomic E-state index is 0.0502. The Hall–Kier alpha value is -2.73. The fourth-order valence-corrected chi connectivity index (χ4v) is 4.14. The van der Waals surface area contributed by atoms with Crippen LogP contribution in [0.3, 0.4) is 0 Å². The molecule has 6 heteroatoms. The number of hydrogen-bond donors (Lipinski definition) is 0. The smallest absolute Gasteiger partial charge is 0.343 e. The highest BCUT2D eigenvalue weighted by Crippen LogP contribution is 2.41.